The van der Waals surface area contributed by atoms with Crippen molar-refractivity contribution in [3.63, 3.8) is 0 Å². The molecule has 0 aliphatic carbocycles. The van der Waals surface area contributed by atoms with E-state index in [9.17, 15) is 45.6 Å². The summed E-state index contributed by atoms with van der Waals surface area (Å²) in [6, 6.07) is -1.54. The topological polar surface area (TPSA) is 295 Å². The molecule has 15 unspecified atom stereocenters. The van der Waals surface area contributed by atoms with Crippen LogP contribution < -0.4 is 5.32 Å². The molecule has 3 aliphatic heterocycles. The number of methoxy groups -OCH3 is 1. The number of azide groups is 1. The van der Waals surface area contributed by atoms with Crippen LogP contribution in [0.3, 0.4) is 0 Å². The number of carbonyl (C=O) groups is 1. The molecule has 0 aromatic heterocycles. The molecule has 0 saturated carbocycles. The van der Waals surface area contributed by atoms with Gasteiger partial charge < -0.3 is 74.6 Å². The Bertz CT molecular complexity index is 883. The lowest BCUT2D eigenvalue weighted by molar-refractivity contribution is -0.382. The predicted octanol–water partition coefficient (Wildman–Crippen LogP) is -5.46. The molecular weight excluding hydrogens is 548 g/mol. The monoisotopic (exact) mass is 584 g/mol. The molecule has 3 saturated heterocycles. The number of carbonyl (C=O) groups excluding carboxylic acids is 1. The fraction of sp³-hybridized carbons (Fsp3) is 0.952. The molecule has 0 radical (unpaired) electrons. The molecule has 3 aliphatic rings. The van der Waals surface area contributed by atoms with E-state index in [2.05, 4.69) is 15.3 Å². The third-order valence-corrected chi connectivity index (χ3v) is 6.91. The number of nitrogens with one attached hydrogen (secondary N) is 1. The highest BCUT2D eigenvalue weighted by atomic mass is 16.8. The van der Waals surface area contributed by atoms with Gasteiger partial charge in [0.05, 0.1) is 19.3 Å². The Balaban J connectivity index is 1.93. The van der Waals surface area contributed by atoms with Crippen LogP contribution in [0.5, 0.6) is 0 Å². The summed E-state index contributed by atoms with van der Waals surface area (Å²) in [5, 5.41) is 87.5. The maximum atomic E-state index is 12.3. The zero-order valence-corrected chi connectivity index (χ0v) is 21.6. The van der Waals surface area contributed by atoms with Crippen molar-refractivity contribution in [2.45, 2.75) is 99.0 Å². The van der Waals surface area contributed by atoms with Gasteiger partial charge in [0, 0.05) is 12.0 Å². The number of hydrogen-bond acceptors (Lipinski definition) is 16. The van der Waals surface area contributed by atoms with Gasteiger partial charge in [0.2, 0.25) is 5.91 Å². The highest BCUT2D eigenvalue weighted by Crippen LogP contribution is 2.33. The van der Waals surface area contributed by atoms with E-state index in [0.29, 0.717) is 0 Å². The number of amides is 1. The Labute approximate surface area is 227 Å². The van der Waals surface area contributed by atoms with Gasteiger partial charge in [0.25, 0.3) is 0 Å². The summed E-state index contributed by atoms with van der Waals surface area (Å²) in [4.78, 5) is 14.7. The standard InChI is InChI=1S/C21H36N4O15/c1-6-11(29)15(33)16(34)20(36-6)40-18-17(13(31)8(5-27)38-21(18)35-2)39-19-10(24-9(28)3-23-25-22)14(32)12(30)7(4-26)37-19/h6-8,10-21,26-27,29-34H,3-5H2,1-2H3,(H,24,28). The average Bonchev–Trinajstić information content (AvgIpc) is 2.94. The second-order valence-corrected chi connectivity index (χ2v) is 9.52. The number of aliphatic hydroxyl groups is 8. The molecule has 19 heteroatoms. The molecule has 40 heavy (non-hydrogen) atoms. The Kier molecular flexibility index (Phi) is 11.8. The molecule has 3 rings (SSSR count). The number of aliphatic hydroxyl groups excluding tert-OH is 8. The molecule has 0 bridgehead atoms. The molecule has 19 nitrogen and oxygen atoms in total. The van der Waals surface area contributed by atoms with E-state index >= 15 is 0 Å². The highest BCUT2D eigenvalue weighted by Gasteiger charge is 2.54. The van der Waals surface area contributed by atoms with Gasteiger partial charge in [0.15, 0.2) is 18.9 Å². The first kappa shape index (κ1) is 32.7. The zero-order chi connectivity index (χ0) is 29.7. The quantitative estimate of drug-likeness (QED) is 0.0657. The van der Waals surface area contributed by atoms with E-state index in [0.717, 1.165) is 0 Å². The maximum Gasteiger partial charge on any atom is 0.226 e. The van der Waals surface area contributed by atoms with Crippen molar-refractivity contribution in [1.82, 2.24) is 5.32 Å². The molecule has 230 valence electrons. The van der Waals surface area contributed by atoms with Gasteiger partial charge >= 0.3 is 0 Å². The maximum absolute atomic E-state index is 12.3. The minimum Gasteiger partial charge on any atom is -0.394 e. The van der Waals surface area contributed by atoms with Gasteiger partial charge in [-0.1, -0.05) is 5.11 Å². The van der Waals surface area contributed by atoms with Crippen LogP contribution in [0.1, 0.15) is 6.92 Å². The van der Waals surface area contributed by atoms with E-state index in [-0.39, 0.29) is 0 Å². The van der Waals surface area contributed by atoms with Crippen molar-refractivity contribution in [1.29, 1.82) is 0 Å². The first-order valence-corrected chi connectivity index (χ1v) is 12.4. The van der Waals surface area contributed by atoms with Crippen LogP contribution in [-0.4, -0.2) is 166 Å². The number of ether oxygens (including phenoxy) is 6. The highest BCUT2D eigenvalue weighted by molar-refractivity contribution is 5.78. The van der Waals surface area contributed by atoms with Gasteiger partial charge in [-0.05, 0) is 12.5 Å². The van der Waals surface area contributed by atoms with Crippen LogP contribution in [0, 0.1) is 0 Å². The van der Waals surface area contributed by atoms with Crippen molar-refractivity contribution in [2.24, 2.45) is 5.11 Å². The molecule has 3 heterocycles. The molecule has 0 aromatic carbocycles. The van der Waals surface area contributed by atoms with Gasteiger partial charge in [-0.2, -0.15) is 0 Å². The smallest absolute Gasteiger partial charge is 0.226 e. The predicted molar refractivity (Wildman–Crippen MR) is 125 cm³/mol. The third kappa shape index (κ3) is 6.98. The first-order chi connectivity index (χ1) is 19.0. The van der Waals surface area contributed by atoms with Crippen LogP contribution in [-0.2, 0) is 33.2 Å². The van der Waals surface area contributed by atoms with Crippen molar-refractivity contribution >= 4 is 5.91 Å². The van der Waals surface area contributed by atoms with E-state index in [1.54, 1.807) is 0 Å². The summed E-state index contributed by atoms with van der Waals surface area (Å²) in [5.74, 6) is -0.891. The minimum absolute atomic E-state index is 0.681. The summed E-state index contributed by atoms with van der Waals surface area (Å²) in [7, 11) is 1.20. The van der Waals surface area contributed by atoms with E-state index in [1.165, 1.54) is 14.0 Å². The lowest BCUT2D eigenvalue weighted by atomic mass is 9.95. The summed E-state index contributed by atoms with van der Waals surface area (Å²) < 4.78 is 33.6. The lowest BCUT2D eigenvalue weighted by Gasteiger charge is -2.49. The fourth-order valence-electron chi connectivity index (χ4n) is 4.65. The minimum atomic E-state index is -1.78. The molecule has 15 atom stereocenters. The number of nitrogens with zero attached hydrogens (tertiary/aromatic N) is 3. The van der Waals surface area contributed by atoms with Crippen molar-refractivity contribution in [3.8, 4) is 0 Å². The van der Waals surface area contributed by atoms with Gasteiger partial charge in [-0.3, -0.25) is 4.79 Å². The molecular formula is C21H36N4O15. The van der Waals surface area contributed by atoms with Crippen LogP contribution in [0.25, 0.3) is 10.4 Å². The lowest BCUT2D eigenvalue weighted by Crippen LogP contribution is -2.69. The summed E-state index contributed by atoms with van der Waals surface area (Å²) in [6.45, 7) is -0.781. The molecule has 3 fully saturated rings. The summed E-state index contributed by atoms with van der Waals surface area (Å²) in [5.41, 5.74) is 8.47. The van der Waals surface area contributed by atoms with Crippen LogP contribution in [0.2, 0.25) is 0 Å². The Morgan fingerprint density at radius 3 is 2.02 bits per heavy atom. The van der Waals surface area contributed by atoms with Crippen molar-refractivity contribution in [2.75, 3.05) is 26.9 Å². The van der Waals surface area contributed by atoms with E-state index in [4.69, 9.17) is 34.0 Å². The number of rotatable bonds is 10. The normalized spacial score (nSPS) is 45.9. The SMILES string of the molecule is COC1OC(CO)C(O)C(OC2OC(CO)C(O)C(O)C2NC(=O)CN=[N+]=[N-])C1OC1OC(C)C(O)C(O)C1O. The number of hydrogen-bond donors (Lipinski definition) is 9. The zero-order valence-electron chi connectivity index (χ0n) is 21.6. The van der Waals surface area contributed by atoms with Crippen molar-refractivity contribution in [3.05, 3.63) is 10.4 Å². The van der Waals surface area contributed by atoms with Gasteiger partial charge in [0.1, 0.15) is 73.6 Å². The Morgan fingerprint density at radius 2 is 1.43 bits per heavy atom. The third-order valence-electron chi connectivity index (χ3n) is 6.91. The Morgan fingerprint density at radius 1 is 0.825 bits per heavy atom. The van der Waals surface area contributed by atoms with Crippen LogP contribution in [0.4, 0.5) is 0 Å². The van der Waals surface area contributed by atoms with E-state index in [1.807, 2.05) is 0 Å². The molecule has 9 N–H and O–H groups in total. The largest absolute Gasteiger partial charge is 0.394 e. The summed E-state index contributed by atoms with van der Waals surface area (Å²) >= 11 is 0. The summed E-state index contributed by atoms with van der Waals surface area (Å²) in [6.07, 6.45) is -21.6. The van der Waals surface area contributed by atoms with Crippen molar-refractivity contribution < 1.29 is 74.1 Å². The molecule has 0 spiro atoms. The molecule has 1 amide bonds. The van der Waals surface area contributed by atoms with Gasteiger partial charge in [-0.15, -0.1) is 0 Å². The average molecular weight is 585 g/mol. The second kappa shape index (κ2) is 14.4. The van der Waals surface area contributed by atoms with E-state index < -0.39 is 118 Å². The van der Waals surface area contributed by atoms with Gasteiger partial charge in [-0.25, -0.2) is 0 Å². The van der Waals surface area contributed by atoms with Crippen LogP contribution >= 0.6 is 0 Å². The second-order valence-electron chi connectivity index (χ2n) is 9.52. The fourth-order valence-corrected chi connectivity index (χ4v) is 4.65. The van der Waals surface area contributed by atoms with Crippen LogP contribution in [0.15, 0.2) is 5.11 Å². The molecule has 0 aromatic rings. The Hall–Kier alpha value is -1.78. The first-order valence-electron chi connectivity index (χ1n) is 12.4.